The highest BCUT2D eigenvalue weighted by Crippen LogP contribution is 2.27. The number of ether oxygens (including phenoxy) is 1. The minimum absolute atomic E-state index is 0.00386. The van der Waals surface area contributed by atoms with Crippen molar-refractivity contribution >= 4 is 27.3 Å². The number of likely N-dealkylation sites (N-methyl/N-ethyl adjacent to an activating group) is 1. The van der Waals surface area contributed by atoms with Gasteiger partial charge in [0.1, 0.15) is 5.65 Å². The first-order valence-corrected chi connectivity index (χ1v) is 8.02. The monoisotopic (exact) mass is 315 g/mol. The third kappa shape index (κ3) is 2.10. The van der Waals surface area contributed by atoms with Gasteiger partial charge in [-0.05, 0) is 18.6 Å². The average Bonchev–Trinajstić information content (AvgIpc) is 3.03. The van der Waals surface area contributed by atoms with Gasteiger partial charge in [-0.1, -0.05) is 17.7 Å². The van der Waals surface area contributed by atoms with Crippen molar-refractivity contribution in [1.82, 2.24) is 13.7 Å². The largest absolute Gasteiger partial charge is 0.380 e. The Balaban J connectivity index is 2.11. The summed E-state index contributed by atoms with van der Waals surface area (Å²) in [6, 6.07) is 5.07. The minimum atomic E-state index is -3.71. The van der Waals surface area contributed by atoms with E-state index in [1.54, 1.807) is 31.4 Å². The first-order valence-electron chi connectivity index (χ1n) is 6.20. The van der Waals surface area contributed by atoms with E-state index < -0.39 is 10.0 Å². The zero-order chi connectivity index (χ0) is 14.3. The van der Waals surface area contributed by atoms with Crippen molar-refractivity contribution in [2.24, 2.45) is 0 Å². The molecule has 1 aliphatic rings. The maximum absolute atomic E-state index is 12.7. The fraction of sp³-hybridized carbons (Fsp3) is 0.417. The van der Waals surface area contributed by atoms with Crippen molar-refractivity contribution < 1.29 is 13.2 Å². The lowest BCUT2D eigenvalue weighted by molar-refractivity contribution is 0.180. The second kappa shape index (κ2) is 5.00. The van der Waals surface area contributed by atoms with Gasteiger partial charge in [-0.15, -0.1) is 0 Å². The summed E-state index contributed by atoms with van der Waals surface area (Å²) in [5, 5.41) is -0.00821. The van der Waals surface area contributed by atoms with E-state index in [2.05, 4.69) is 4.98 Å². The zero-order valence-corrected chi connectivity index (χ0v) is 12.4. The zero-order valence-electron chi connectivity index (χ0n) is 10.9. The molecule has 0 spiro atoms. The maximum atomic E-state index is 12.7. The van der Waals surface area contributed by atoms with E-state index in [9.17, 15) is 8.42 Å². The van der Waals surface area contributed by atoms with Crippen LogP contribution < -0.4 is 0 Å². The molecule has 2 aromatic heterocycles. The van der Waals surface area contributed by atoms with E-state index in [4.69, 9.17) is 16.3 Å². The molecule has 0 saturated carbocycles. The highest BCUT2D eigenvalue weighted by molar-refractivity contribution is 7.89. The number of halogens is 1. The molecule has 1 atom stereocenters. The molecule has 3 rings (SSSR count). The van der Waals surface area contributed by atoms with Crippen LogP contribution in [0.3, 0.4) is 0 Å². The van der Waals surface area contributed by atoms with Gasteiger partial charge in [-0.2, -0.15) is 4.31 Å². The van der Waals surface area contributed by atoms with Gasteiger partial charge in [0.15, 0.2) is 10.2 Å². The summed E-state index contributed by atoms with van der Waals surface area (Å²) in [5.74, 6) is 0. The van der Waals surface area contributed by atoms with Crippen molar-refractivity contribution in [2.45, 2.75) is 17.5 Å². The Hall–Kier alpha value is -1.15. The summed E-state index contributed by atoms with van der Waals surface area (Å²) in [4.78, 5) is 4.08. The van der Waals surface area contributed by atoms with Crippen LogP contribution in [0.25, 0.3) is 5.65 Å². The molecule has 0 radical (unpaired) electrons. The van der Waals surface area contributed by atoms with Crippen LogP contribution in [-0.4, -0.2) is 48.4 Å². The molecule has 20 heavy (non-hydrogen) atoms. The number of hydrogen-bond acceptors (Lipinski definition) is 4. The molecule has 1 aliphatic heterocycles. The van der Waals surface area contributed by atoms with Crippen molar-refractivity contribution in [3.8, 4) is 0 Å². The number of nitrogens with zero attached hydrogens (tertiary/aromatic N) is 3. The van der Waals surface area contributed by atoms with Crippen LogP contribution in [0.2, 0.25) is 5.15 Å². The predicted molar refractivity (Wildman–Crippen MR) is 74.4 cm³/mol. The topological polar surface area (TPSA) is 63.9 Å². The number of sulfonamides is 1. The molecule has 108 valence electrons. The normalized spacial score (nSPS) is 20.1. The van der Waals surface area contributed by atoms with Gasteiger partial charge in [-0.3, -0.25) is 4.40 Å². The Morgan fingerprint density at radius 3 is 3.00 bits per heavy atom. The van der Waals surface area contributed by atoms with Crippen LogP contribution in [0.15, 0.2) is 29.4 Å². The second-order valence-electron chi connectivity index (χ2n) is 4.68. The summed E-state index contributed by atoms with van der Waals surface area (Å²) in [6.07, 6.45) is 2.32. The van der Waals surface area contributed by atoms with E-state index in [0.29, 0.717) is 25.3 Å². The number of aromatic nitrogens is 2. The van der Waals surface area contributed by atoms with Crippen molar-refractivity contribution in [3.63, 3.8) is 0 Å². The van der Waals surface area contributed by atoms with Gasteiger partial charge >= 0.3 is 0 Å². The fourth-order valence-corrected chi connectivity index (χ4v) is 4.28. The fourth-order valence-electron chi connectivity index (χ4n) is 2.32. The average molecular weight is 316 g/mol. The molecule has 0 N–H and O–H groups in total. The molecule has 1 saturated heterocycles. The van der Waals surface area contributed by atoms with Crippen LogP contribution >= 0.6 is 11.6 Å². The van der Waals surface area contributed by atoms with Crippen molar-refractivity contribution in [2.75, 3.05) is 20.3 Å². The molecular formula is C12H14ClN3O3S. The first kappa shape index (κ1) is 13.8. The van der Waals surface area contributed by atoms with E-state index in [0.717, 1.165) is 0 Å². The maximum Gasteiger partial charge on any atom is 0.262 e. The lowest BCUT2D eigenvalue weighted by Gasteiger charge is -2.22. The van der Waals surface area contributed by atoms with Gasteiger partial charge in [0, 0.05) is 19.9 Å². The first-order chi connectivity index (χ1) is 9.51. The highest BCUT2D eigenvalue weighted by Gasteiger charge is 2.34. The van der Waals surface area contributed by atoms with Crippen LogP contribution in [0, 0.1) is 0 Å². The standard InChI is InChI=1S/C12H14ClN3O3S/c1-15(9-5-7-19-8-9)20(17,18)12-11(13)14-10-4-2-3-6-16(10)12/h2-4,6,9H,5,7-8H2,1H3. The van der Waals surface area contributed by atoms with Crippen LogP contribution in [0.1, 0.15) is 6.42 Å². The van der Waals surface area contributed by atoms with Gasteiger partial charge in [0.05, 0.1) is 12.6 Å². The van der Waals surface area contributed by atoms with Crippen LogP contribution in [-0.2, 0) is 14.8 Å². The van der Waals surface area contributed by atoms with Gasteiger partial charge < -0.3 is 4.74 Å². The Labute approximate surface area is 122 Å². The lowest BCUT2D eigenvalue weighted by Crippen LogP contribution is -2.37. The summed E-state index contributed by atoms with van der Waals surface area (Å²) in [7, 11) is -2.17. The number of rotatable bonds is 3. The quantitative estimate of drug-likeness (QED) is 0.859. The molecule has 0 bridgehead atoms. The number of imidazole rings is 1. The highest BCUT2D eigenvalue weighted by atomic mass is 35.5. The second-order valence-corrected chi connectivity index (χ2v) is 6.95. The number of fused-ring (bicyclic) bond motifs is 1. The molecule has 2 aromatic rings. The molecular weight excluding hydrogens is 302 g/mol. The van der Waals surface area contributed by atoms with Crippen LogP contribution in [0.4, 0.5) is 0 Å². The third-order valence-corrected chi connectivity index (χ3v) is 5.80. The Morgan fingerprint density at radius 2 is 2.30 bits per heavy atom. The molecule has 0 aromatic carbocycles. The van der Waals surface area contributed by atoms with Gasteiger partial charge in [0.25, 0.3) is 10.0 Å². The molecule has 8 heteroatoms. The number of hydrogen-bond donors (Lipinski definition) is 0. The van der Waals surface area contributed by atoms with E-state index >= 15 is 0 Å². The van der Waals surface area contributed by atoms with Gasteiger partial charge in [-0.25, -0.2) is 13.4 Å². The summed E-state index contributed by atoms with van der Waals surface area (Å²) in [5.41, 5.74) is 0.507. The minimum Gasteiger partial charge on any atom is -0.380 e. The van der Waals surface area contributed by atoms with E-state index in [1.165, 1.54) is 8.71 Å². The van der Waals surface area contributed by atoms with E-state index in [-0.39, 0.29) is 16.2 Å². The summed E-state index contributed by atoms with van der Waals surface area (Å²) >= 11 is 6.03. The molecule has 6 nitrogen and oxygen atoms in total. The lowest BCUT2D eigenvalue weighted by atomic mass is 10.3. The molecule has 1 fully saturated rings. The van der Waals surface area contributed by atoms with Crippen molar-refractivity contribution in [1.29, 1.82) is 0 Å². The Morgan fingerprint density at radius 1 is 1.50 bits per heavy atom. The van der Waals surface area contributed by atoms with E-state index in [1.807, 2.05) is 0 Å². The molecule has 0 aliphatic carbocycles. The van der Waals surface area contributed by atoms with Gasteiger partial charge in [0.2, 0.25) is 0 Å². The Bertz CT molecular complexity index is 737. The summed E-state index contributed by atoms with van der Waals surface area (Å²) in [6.45, 7) is 0.982. The Kier molecular flexibility index (Phi) is 3.45. The molecule has 3 heterocycles. The molecule has 1 unspecified atom stereocenters. The third-order valence-electron chi connectivity index (χ3n) is 3.49. The smallest absolute Gasteiger partial charge is 0.262 e. The van der Waals surface area contributed by atoms with Crippen molar-refractivity contribution in [3.05, 3.63) is 29.5 Å². The number of pyridine rings is 1. The van der Waals surface area contributed by atoms with Crippen LogP contribution in [0.5, 0.6) is 0 Å². The molecule has 0 amide bonds. The summed E-state index contributed by atoms with van der Waals surface area (Å²) < 4.78 is 33.5. The SMILES string of the molecule is CN(C1CCOC1)S(=O)(=O)c1c(Cl)nc2ccccn12. The predicted octanol–water partition coefficient (Wildman–Crippen LogP) is 1.40.